The predicted octanol–water partition coefficient (Wildman–Crippen LogP) is 3.71. The number of carbonyl (C=O) groups excluding carboxylic acids is 1. The third-order valence-electron chi connectivity index (χ3n) is 2.97. The van der Waals surface area contributed by atoms with Gasteiger partial charge in [0, 0.05) is 22.7 Å². The first-order valence-corrected chi connectivity index (χ1v) is 6.93. The van der Waals surface area contributed by atoms with Crippen LogP contribution >= 0.6 is 15.9 Å². The molecular weight excluding hydrogens is 338 g/mol. The van der Waals surface area contributed by atoms with E-state index in [4.69, 9.17) is 8.83 Å². The van der Waals surface area contributed by atoms with Gasteiger partial charge in [0.1, 0.15) is 5.58 Å². The molecule has 1 amide bonds. The highest BCUT2D eigenvalue weighted by atomic mass is 79.9. The molecule has 0 spiro atoms. The molecule has 21 heavy (non-hydrogen) atoms. The third kappa shape index (κ3) is 2.75. The number of anilines is 1. The van der Waals surface area contributed by atoms with Crippen LogP contribution in [0.15, 0.2) is 54.7 Å². The number of hydrogen-bond acceptors (Lipinski definition) is 4. The fraction of sp³-hybridized carbons (Fsp3) is 0.0667. The van der Waals surface area contributed by atoms with Crippen LogP contribution in [-0.2, 0) is 0 Å². The molecule has 0 fully saturated rings. The van der Waals surface area contributed by atoms with Crippen LogP contribution in [0, 0.1) is 6.92 Å². The lowest BCUT2D eigenvalue weighted by atomic mass is 10.2. The standard InChI is InChI=1S/C15H10BrNO4/c1-8-6-12(16)21-14(8)15(19)17-10-3-4-11-9(7-10)2-5-13(18)20-11/h2-7H,1H3,(H,17,19). The van der Waals surface area contributed by atoms with Gasteiger partial charge in [-0.25, -0.2) is 4.79 Å². The minimum Gasteiger partial charge on any atom is -0.444 e. The van der Waals surface area contributed by atoms with Gasteiger partial charge in [0.15, 0.2) is 10.4 Å². The van der Waals surface area contributed by atoms with Crippen LogP contribution < -0.4 is 10.9 Å². The van der Waals surface area contributed by atoms with E-state index >= 15 is 0 Å². The van der Waals surface area contributed by atoms with Gasteiger partial charge >= 0.3 is 5.63 Å². The molecule has 2 aromatic heterocycles. The minimum absolute atomic E-state index is 0.251. The van der Waals surface area contributed by atoms with Gasteiger partial charge in [0.2, 0.25) is 0 Å². The minimum atomic E-state index is -0.407. The van der Waals surface area contributed by atoms with Crippen molar-refractivity contribution in [2.45, 2.75) is 6.92 Å². The zero-order valence-corrected chi connectivity index (χ0v) is 12.6. The van der Waals surface area contributed by atoms with E-state index in [-0.39, 0.29) is 11.7 Å². The van der Waals surface area contributed by atoms with Crippen molar-refractivity contribution in [1.82, 2.24) is 0 Å². The second-order valence-electron chi connectivity index (χ2n) is 4.52. The van der Waals surface area contributed by atoms with Crippen LogP contribution in [0.2, 0.25) is 0 Å². The number of amides is 1. The van der Waals surface area contributed by atoms with E-state index < -0.39 is 5.63 Å². The number of hydrogen-bond donors (Lipinski definition) is 1. The number of aryl methyl sites for hydroxylation is 1. The fourth-order valence-electron chi connectivity index (χ4n) is 2.01. The molecule has 3 rings (SSSR count). The molecule has 106 valence electrons. The van der Waals surface area contributed by atoms with E-state index in [1.54, 1.807) is 37.3 Å². The second-order valence-corrected chi connectivity index (χ2v) is 5.31. The SMILES string of the molecule is Cc1cc(Br)oc1C(=O)Nc1ccc2oc(=O)ccc2c1. The molecule has 0 unspecified atom stereocenters. The van der Waals surface area contributed by atoms with Crippen molar-refractivity contribution in [3.8, 4) is 0 Å². The lowest BCUT2D eigenvalue weighted by Crippen LogP contribution is -2.12. The molecule has 0 aliphatic carbocycles. The van der Waals surface area contributed by atoms with E-state index in [9.17, 15) is 9.59 Å². The highest BCUT2D eigenvalue weighted by Gasteiger charge is 2.15. The van der Waals surface area contributed by atoms with Gasteiger partial charge in [-0.3, -0.25) is 4.79 Å². The first kappa shape index (κ1) is 13.6. The average Bonchev–Trinajstić information content (AvgIpc) is 2.78. The summed E-state index contributed by atoms with van der Waals surface area (Å²) in [5.41, 5.74) is 1.40. The summed E-state index contributed by atoms with van der Waals surface area (Å²) in [6.07, 6.45) is 0. The highest BCUT2D eigenvalue weighted by Crippen LogP contribution is 2.22. The second kappa shape index (κ2) is 5.21. The Morgan fingerprint density at radius 1 is 1.14 bits per heavy atom. The van der Waals surface area contributed by atoms with Crippen LogP contribution in [-0.4, -0.2) is 5.91 Å². The lowest BCUT2D eigenvalue weighted by molar-refractivity contribution is 0.0994. The molecule has 0 atom stereocenters. The van der Waals surface area contributed by atoms with Crippen molar-refractivity contribution in [3.05, 3.63) is 62.8 Å². The van der Waals surface area contributed by atoms with Crippen molar-refractivity contribution < 1.29 is 13.6 Å². The maximum absolute atomic E-state index is 12.1. The van der Waals surface area contributed by atoms with Crippen molar-refractivity contribution in [2.75, 3.05) is 5.32 Å². The molecule has 1 aromatic carbocycles. The van der Waals surface area contributed by atoms with Gasteiger partial charge in [-0.15, -0.1) is 0 Å². The van der Waals surface area contributed by atoms with Gasteiger partial charge < -0.3 is 14.2 Å². The van der Waals surface area contributed by atoms with Gasteiger partial charge in [-0.1, -0.05) is 0 Å². The summed E-state index contributed by atoms with van der Waals surface area (Å²) in [7, 11) is 0. The molecule has 2 heterocycles. The molecule has 3 aromatic rings. The molecule has 0 saturated heterocycles. The van der Waals surface area contributed by atoms with E-state index in [2.05, 4.69) is 21.2 Å². The summed E-state index contributed by atoms with van der Waals surface area (Å²) in [5, 5.41) is 3.47. The van der Waals surface area contributed by atoms with E-state index in [0.29, 0.717) is 15.9 Å². The normalized spacial score (nSPS) is 10.8. The molecule has 6 heteroatoms. The van der Waals surface area contributed by atoms with Crippen LogP contribution in [0.25, 0.3) is 11.0 Å². The van der Waals surface area contributed by atoms with Crippen molar-refractivity contribution in [2.24, 2.45) is 0 Å². The van der Waals surface area contributed by atoms with Crippen molar-refractivity contribution in [3.63, 3.8) is 0 Å². The number of rotatable bonds is 2. The summed E-state index contributed by atoms with van der Waals surface area (Å²) < 4.78 is 10.8. The van der Waals surface area contributed by atoms with E-state index in [0.717, 1.165) is 10.9 Å². The number of carbonyl (C=O) groups is 1. The van der Waals surface area contributed by atoms with E-state index in [1.807, 2.05) is 0 Å². The average molecular weight is 348 g/mol. The Balaban J connectivity index is 1.91. The topological polar surface area (TPSA) is 72.5 Å². The maximum Gasteiger partial charge on any atom is 0.336 e. The molecule has 0 bridgehead atoms. The number of fused-ring (bicyclic) bond motifs is 1. The molecule has 0 radical (unpaired) electrons. The largest absolute Gasteiger partial charge is 0.444 e. The third-order valence-corrected chi connectivity index (χ3v) is 3.36. The number of benzene rings is 1. The Kier molecular flexibility index (Phi) is 3.39. The van der Waals surface area contributed by atoms with E-state index in [1.165, 1.54) is 6.07 Å². The number of nitrogens with one attached hydrogen (secondary N) is 1. The summed E-state index contributed by atoms with van der Waals surface area (Å²) >= 11 is 3.19. The maximum atomic E-state index is 12.1. The van der Waals surface area contributed by atoms with Gasteiger partial charge in [0.25, 0.3) is 5.91 Å². The smallest absolute Gasteiger partial charge is 0.336 e. The lowest BCUT2D eigenvalue weighted by Gasteiger charge is -2.05. The highest BCUT2D eigenvalue weighted by molar-refractivity contribution is 9.10. The Morgan fingerprint density at radius 3 is 2.67 bits per heavy atom. The number of furan rings is 1. The Morgan fingerprint density at radius 2 is 1.95 bits per heavy atom. The Hall–Kier alpha value is -2.34. The fourth-order valence-corrected chi connectivity index (χ4v) is 2.51. The summed E-state index contributed by atoms with van der Waals surface area (Å²) in [5.74, 6) is -0.0866. The Bertz CT molecular complexity index is 894. The quantitative estimate of drug-likeness (QED) is 0.717. The molecule has 5 nitrogen and oxygen atoms in total. The summed E-state index contributed by atoms with van der Waals surface area (Å²) in [6.45, 7) is 1.79. The number of halogens is 1. The molecule has 0 aliphatic heterocycles. The predicted molar refractivity (Wildman–Crippen MR) is 81.6 cm³/mol. The van der Waals surface area contributed by atoms with Gasteiger partial charge in [-0.2, -0.15) is 0 Å². The zero-order chi connectivity index (χ0) is 15.0. The molecule has 0 saturated carbocycles. The first-order valence-electron chi connectivity index (χ1n) is 6.14. The zero-order valence-electron chi connectivity index (χ0n) is 11.0. The van der Waals surface area contributed by atoms with Crippen LogP contribution in [0.1, 0.15) is 16.1 Å². The van der Waals surface area contributed by atoms with Gasteiger partial charge in [-0.05, 0) is 53.2 Å². The van der Waals surface area contributed by atoms with Crippen LogP contribution in [0.3, 0.4) is 0 Å². The van der Waals surface area contributed by atoms with Crippen LogP contribution in [0.5, 0.6) is 0 Å². The molecule has 0 aliphatic rings. The van der Waals surface area contributed by atoms with Crippen molar-refractivity contribution >= 4 is 38.5 Å². The molecular formula is C15H10BrNO4. The first-order chi connectivity index (χ1) is 10.0. The van der Waals surface area contributed by atoms with Crippen LogP contribution in [0.4, 0.5) is 5.69 Å². The van der Waals surface area contributed by atoms with Crippen molar-refractivity contribution in [1.29, 1.82) is 0 Å². The Labute approximate surface area is 127 Å². The summed E-state index contributed by atoms with van der Waals surface area (Å²) in [6, 6.07) is 9.73. The monoisotopic (exact) mass is 347 g/mol. The molecule has 1 N–H and O–H groups in total. The summed E-state index contributed by atoms with van der Waals surface area (Å²) in [4.78, 5) is 23.3. The van der Waals surface area contributed by atoms with Gasteiger partial charge in [0.05, 0.1) is 0 Å².